The SMILES string of the molecule is C[C@H](CO)Cc1ccccc1Cl. The first-order valence-corrected chi connectivity index (χ1v) is 4.46. The molecule has 0 aliphatic carbocycles. The first kappa shape index (κ1) is 9.56. The number of aliphatic hydroxyl groups is 1. The van der Waals surface area contributed by atoms with Crippen LogP contribution in [0.1, 0.15) is 12.5 Å². The van der Waals surface area contributed by atoms with Crippen LogP contribution in [0.25, 0.3) is 0 Å². The zero-order chi connectivity index (χ0) is 8.97. The number of hydrogen-bond donors (Lipinski definition) is 1. The second kappa shape index (κ2) is 4.48. The van der Waals surface area contributed by atoms with Gasteiger partial charge in [-0.05, 0) is 24.0 Å². The van der Waals surface area contributed by atoms with Crippen molar-refractivity contribution >= 4 is 11.6 Å². The second-order valence-corrected chi connectivity index (χ2v) is 3.49. The van der Waals surface area contributed by atoms with Crippen LogP contribution in [0.15, 0.2) is 24.3 Å². The van der Waals surface area contributed by atoms with Crippen LogP contribution in [0, 0.1) is 5.92 Å². The molecular formula is C10H13ClO. The van der Waals surface area contributed by atoms with E-state index in [2.05, 4.69) is 0 Å². The van der Waals surface area contributed by atoms with E-state index in [0.29, 0.717) is 0 Å². The zero-order valence-electron chi connectivity index (χ0n) is 7.13. The molecule has 1 rings (SSSR count). The van der Waals surface area contributed by atoms with E-state index in [4.69, 9.17) is 16.7 Å². The fraction of sp³-hybridized carbons (Fsp3) is 0.400. The van der Waals surface area contributed by atoms with Crippen LogP contribution in [0.2, 0.25) is 5.02 Å². The molecule has 0 fully saturated rings. The predicted octanol–water partition coefficient (Wildman–Crippen LogP) is 2.51. The van der Waals surface area contributed by atoms with Crippen LogP contribution in [-0.4, -0.2) is 11.7 Å². The Morgan fingerprint density at radius 1 is 1.42 bits per heavy atom. The van der Waals surface area contributed by atoms with Gasteiger partial charge in [0.2, 0.25) is 0 Å². The Morgan fingerprint density at radius 3 is 2.67 bits per heavy atom. The predicted molar refractivity (Wildman–Crippen MR) is 51.4 cm³/mol. The molecule has 0 aliphatic rings. The molecule has 0 unspecified atom stereocenters. The van der Waals surface area contributed by atoms with Gasteiger partial charge in [-0.1, -0.05) is 36.7 Å². The summed E-state index contributed by atoms with van der Waals surface area (Å²) in [6.45, 7) is 2.22. The minimum absolute atomic E-state index is 0.214. The van der Waals surface area contributed by atoms with E-state index >= 15 is 0 Å². The third kappa shape index (κ3) is 2.50. The molecular weight excluding hydrogens is 172 g/mol. The highest BCUT2D eigenvalue weighted by atomic mass is 35.5. The van der Waals surface area contributed by atoms with Gasteiger partial charge >= 0.3 is 0 Å². The Balaban J connectivity index is 2.69. The van der Waals surface area contributed by atoms with E-state index < -0.39 is 0 Å². The fourth-order valence-electron chi connectivity index (χ4n) is 1.10. The highest BCUT2D eigenvalue weighted by molar-refractivity contribution is 6.31. The van der Waals surface area contributed by atoms with Gasteiger partial charge in [0.25, 0.3) is 0 Å². The van der Waals surface area contributed by atoms with E-state index in [1.807, 2.05) is 31.2 Å². The average Bonchev–Trinajstić information content (AvgIpc) is 2.09. The molecule has 2 heteroatoms. The number of benzene rings is 1. The van der Waals surface area contributed by atoms with Crippen LogP contribution in [-0.2, 0) is 6.42 Å². The molecule has 0 bridgehead atoms. The topological polar surface area (TPSA) is 20.2 Å². The zero-order valence-corrected chi connectivity index (χ0v) is 7.88. The molecule has 1 atom stereocenters. The maximum Gasteiger partial charge on any atom is 0.0459 e. The summed E-state index contributed by atoms with van der Waals surface area (Å²) in [6, 6.07) is 7.75. The number of aliphatic hydroxyl groups excluding tert-OH is 1. The lowest BCUT2D eigenvalue weighted by Crippen LogP contribution is -2.04. The molecule has 0 saturated heterocycles. The normalized spacial score (nSPS) is 12.9. The Labute approximate surface area is 78.0 Å². The first-order valence-electron chi connectivity index (χ1n) is 4.08. The Hall–Kier alpha value is -0.530. The maximum atomic E-state index is 8.84. The van der Waals surface area contributed by atoms with Crippen molar-refractivity contribution in [1.29, 1.82) is 0 Å². The standard InChI is InChI=1S/C10H13ClO/c1-8(7-12)6-9-4-2-3-5-10(9)11/h2-5,8,12H,6-7H2,1H3/t8-/m0/s1. The van der Waals surface area contributed by atoms with Crippen molar-refractivity contribution in [3.05, 3.63) is 34.9 Å². The summed E-state index contributed by atoms with van der Waals surface area (Å²) >= 11 is 5.94. The van der Waals surface area contributed by atoms with Crippen molar-refractivity contribution in [1.82, 2.24) is 0 Å². The van der Waals surface area contributed by atoms with E-state index in [0.717, 1.165) is 17.0 Å². The molecule has 0 heterocycles. The third-order valence-electron chi connectivity index (χ3n) is 1.84. The molecule has 0 spiro atoms. The van der Waals surface area contributed by atoms with Crippen molar-refractivity contribution in [2.75, 3.05) is 6.61 Å². The van der Waals surface area contributed by atoms with Gasteiger partial charge in [-0.25, -0.2) is 0 Å². The third-order valence-corrected chi connectivity index (χ3v) is 2.21. The molecule has 66 valence electrons. The summed E-state index contributed by atoms with van der Waals surface area (Å²) in [5.74, 6) is 0.282. The molecule has 1 aromatic carbocycles. The summed E-state index contributed by atoms with van der Waals surface area (Å²) in [6.07, 6.45) is 0.843. The minimum Gasteiger partial charge on any atom is -0.396 e. The summed E-state index contributed by atoms with van der Waals surface area (Å²) in [5, 5.41) is 9.63. The van der Waals surface area contributed by atoms with E-state index in [1.54, 1.807) is 0 Å². The van der Waals surface area contributed by atoms with Gasteiger partial charge in [0.05, 0.1) is 0 Å². The van der Waals surface area contributed by atoms with Crippen LogP contribution < -0.4 is 0 Å². The van der Waals surface area contributed by atoms with Crippen molar-refractivity contribution in [3.63, 3.8) is 0 Å². The number of hydrogen-bond acceptors (Lipinski definition) is 1. The molecule has 0 radical (unpaired) electrons. The van der Waals surface area contributed by atoms with Gasteiger partial charge in [0.15, 0.2) is 0 Å². The molecule has 0 saturated carbocycles. The Bertz CT molecular complexity index is 247. The average molecular weight is 185 g/mol. The van der Waals surface area contributed by atoms with Crippen molar-refractivity contribution in [2.45, 2.75) is 13.3 Å². The van der Waals surface area contributed by atoms with Crippen LogP contribution in [0.5, 0.6) is 0 Å². The quantitative estimate of drug-likeness (QED) is 0.766. The first-order chi connectivity index (χ1) is 5.74. The Kier molecular flexibility index (Phi) is 3.57. The lowest BCUT2D eigenvalue weighted by molar-refractivity contribution is 0.237. The largest absolute Gasteiger partial charge is 0.396 e. The fourth-order valence-corrected chi connectivity index (χ4v) is 1.32. The van der Waals surface area contributed by atoms with Crippen LogP contribution >= 0.6 is 11.6 Å². The maximum absolute atomic E-state index is 8.84. The summed E-state index contributed by atoms with van der Waals surface area (Å²) in [5.41, 5.74) is 1.11. The lowest BCUT2D eigenvalue weighted by Gasteiger charge is -2.08. The molecule has 12 heavy (non-hydrogen) atoms. The van der Waals surface area contributed by atoms with Crippen molar-refractivity contribution in [2.24, 2.45) is 5.92 Å². The number of rotatable bonds is 3. The highest BCUT2D eigenvalue weighted by Crippen LogP contribution is 2.18. The van der Waals surface area contributed by atoms with Crippen molar-refractivity contribution in [3.8, 4) is 0 Å². The summed E-state index contributed by atoms with van der Waals surface area (Å²) in [4.78, 5) is 0. The van der Waals surface area contributed by atoms with Crippen LogP contribution in [0.3, 0.4) is 0 Å². The molecule has 1 nitrogen and oxygen atoms in total. The van der Waals surface area contributed by atoms with Gasteiger partial charge in [-0.15, -0.1) is 0 Å². The Morgan fingerprint density at radius 2 is 2.08 bits per heavy atom. The highest BCUT2D eigenvalue weighted by Gasteiger charge is 2.04. The smallest absolute Gasteiger partial charge is 0.0459 e. The van der Waals surface area contributed by atoms with E-state index in [1.165, 1.54) is 0 Å². The number of halogens is 1. The molecule has 0 aliphatic heterocycles. The van der Waals surface area contributed by atoms with Gasteiger partial charge in [-0.3, -0.25) is 0 Å². The van der Waals surface area contributed by atoms with Crippen molar-refractivity contribution < 1.29 is 5.11 Å². The van der Waals surface area contributed by atoms with Gasteiger partial charge in [-0.2, -0.15) is 0 Å². The molecule has 1 N–H and O–H groups in total. The second-order valence-electron chi connectivity index (χ2n) is 3.08. The van der Waals surface area contributed by atoms with Gasteiger partial charge in [0.1, 0.15) is 0 Å². The molecule has 0 amide bonds. The summed E-state index contributed by atoms with van der Waals surface area (Å²) in [7, 11) is 0. The monoisotopic (exact) mass is 184 g/mol. The minimum atomic E-state index is 0.214. The van der Waals surface area contributed by atoms with Gasteiger partial charge < -0.3 is 5.11 Å². The van der Waals surface area contributed by atoms with E-state index in [9.17, 15) is 0 Å². The van der Waals surface area contributed by atoms with Crippen LogP contribution in [0.4, 0.5) is 0 Å². The van der Waals surface area contributed by atoms with Gasteiger partial charge in [0, 0.05) is 11.6 Å². The summed E-state index contributed by atoms with van der Waals surface area (Å²) < 4.78 is 0. The lowest BCUT2D eigenvalue weighted by atomic mass is 10.0. The molecule has 1 aromatic rings. The van der Waals surface area contributed by atoms with E-state index in [-0.39, 0.29) is 12.5 Å². The molecule has 0 aromatic heterocycles.